The van der Waals surface area contributed by atoms with Gasteiger partial charge in [-0.25, -0.2) is 9.78 Å². The molecule has 0 radical (unpaired) electrons. The molecule has 0 aromatic carbocycles. The number of oxazole rings is 1. The molecule has 0 saturated carbocycles. The molecule has 8 nitrogen and oxygen atoms in total. The summed E-state index contributed by atoms with van der Waals surface area (Å²) in [5, 5.41) is 8.23. The summed E-state index contributed by atoms with van der Waals surface area (Å²) in [7, 11) is 0. The Hall–Kier alpha value is -2.68. The monoisotopic (exact) mass is 334 g/mol. The van der Waals surface area contributed by atoms with Gasteiger partial charge in [0, 0.05) is 6.54 Å². The van der Waals surface area contributed by atoms with Crippen LogP contribution in [-0.4, -0.2) is 35.8 Å². The molecule has 3 amide bonds. The molecular formula is C14H14N4O4S. The number of rotatable bonds is 4. The number of thiophene rings is 1. The van der Waals surface area contributed by atoms with E-state index in [-0.39, 0.29) is 5.91 Å². The van der Waals surface area contributed by atoms with Crippen LogP contribution in [0.2, 0.25) is 0 Å². The van der Waals surface area contributed by atoms with E-state index in [1.165, 1.54) is 23.8 Å². The molecule has 1 unspecified atom stereocenters. The predicted octanol–water partition coefficient (Wildman–Crippen LogP) is 1.53. The van der Waals surface area contributed by atoms with Crippen molar-refractivity contribution in [2.75, 3.05) is 11.9 Å². The third-order valence-corrected chi connectivity index (χ3v) is 4.73. The lowest BCUT2D eigenvalue weighted by Crippen LogP contribution is -2.42. The van der Waals surface area contributed by atoms with Gasteiger partial charge in [0.25, 0.3) is 0 Å². The number of carbonyl (C=O) groups excluding carboxylic acids is 3. The van der Waals surface area contributed by atoms with Gasteiger partial charge in [0.2, 0.25) is 11.8 Å². The third-order valence-electron chi connectivity index (χ3n) is 3.52. The number of carbonyl (C=O) groups is 3. The van der Waals surface area contributed by atoms with Gasteiger partial charge in [-0.3, -0.25) is 14.9 Å². The minimum Gasteiger partial charge on any atom is -0.444 e. The molecule has 23 heavy (non-hydrogen) atoms. The number of amides is 3. The molecule has 1 atom stereocenters. The van der Waals surface area contributed by atoms with Gasteiger partial charge in [-0.05, 0) is 18.9 Å². The highest BCUT2D eigenvalue weighted by molar-refractivity contribution is 7.20. The maximum Gasteiger partial charge on any atom is 0.320 e. The average molecular weight is 334 g/mol. The van der Waals surface area contributed by atoms with Gasteiger partial charge in [0.1, 0.15) is 17.3 Å². The zero-order valence-corrected chi connectivity index (χ0v) is 13.0. The van der Waals surface area contributed by atoms with E-state index in [1.54, 1.807) is 6.92 Å². The lowest BCUT2D eigenvalue weighted by molar-refractivity contribution is -0.120. The van der Waals surface area contributed by atoms with Gasteiger partial charge in [-0.1, -0.05) is 0 Å². The number of hydrogen-bond acceptors (Lipinski definition) is 6. The molecule has 0 spiro atoms. The second-order valence-corrected chi connectivity index (χ2v) is 6.01. The molecule has 120 valence electrons. The Morgan fingerprint density at radius 2 is 2.39 bits per heavy atom. The van der Waals surface area contributed by atoms with Crippen molar-refractivity contribution >= 4 is 34.6 Å². The van der Waals surface area contributed by atoms with Gasteiger partial charge in [-0.15, -0.1) is 11.3 Å². The van der Waals surface area contributed by atoms with Crippen LogP contribution in [0, 0.1) is 6.92 Å². The van der Waals surface area contributed by atoms with E-state index in [0.29, 0.717) is 46.1 Å². The van der Waals surface area contributed by atoms with Crippen molar-refractivity contribution in [1.29, 1.82) is 0 Å². The SMILES string of the molecule is Cc1c(-c2ncco2)sc(NC(=O)NC2CCNC2=O)c1C=O. The van der Waals surface area contributed by atoms with E-state index < -0.39 is 12.1 Å². The summed E-state index contributed by atoms with van der Waals surface area (Å²) in [4.78, 5) is 39.6. The van der Waals surface area contributed by atoms with Crippen LogP contribution in [0.5, 0.6) is 0 Å². The lowest BCUT2D eigenvalue weighted by atomic mass is 10.2. The Morgan fingerprint density at radius 1 is 1.57 bits per heavy atom. The molecule has 2 aromatic heterocycles. The second kappa shape index (κ2) is 6.21. The Bertz CT molecular complexity index is 753. The van der Waals surface area contributed by atoms with E-state index in [1.807, 2.05) is 0 Å². The molecule has 1 saturated heterocycles. The van der Waals surface area contributed by atoms with Gasteiger partial charge in [0.15, 0.2) is 6.29 Å². The summed E-state index contributed by atoms with van der Waals surface area (Å²) < 4.78 is 5.24. The molecule has 1 fully saturated rings. The molecule has 3 N–H and O–H groups in total. The maximum absolute atomic E-state index is 12.0. The summed E-state index contributed by atoms with van der Waals surface area (Å²) in [5.74, 6) is 0.179. The molecule has 2 aromatic rings. The predicted molar refractivity (Wildman–Crippen MR) is 83.5 cm³/mol. The molecule has 9 heteroatoms. The quantitative estimate of drug-likeness (QED) is 0.734. The first-order valence-electron chi connectivity index (χ1n) is 6.93. The fraction of sp³-hybridized carbons (Fsp3) is 0.286. The van der Waals surface area contributed by atoms with Crippen molar-refractivity contribution in [3.8, 4) is 10.8 Å². The number of urea groups is 1. The highest BCUT2D eigenvalue weighted by atomic mass is 32.1. The Balaban J connectivity index is 1.79. The van der Waals surface area contributed by atoms with Crippen LogP contribution >= 0.6 is 11.3 Å². The van der Waals surface area contributed by atoms with Crippen LogP contribution in [0.1, 0.15) is 22.3 Å². The highest BCUT2D eigenvalue weighted by Crippen LogP contribution is 2.38. The molecule has 3 rings (SSSR count). The summed E-state index contributed by atoms with van der Waals surface area (Å²) in [6.07, 6.45) is 4.16. The van der Waals surface area contributed by atoms with Crippen molar-refractivity contribution in [2.24, 2.45) is 0 Å². The van der Waals surface area contributed by atoms with Crippen molar-refractivity contribution < 1.29 is 18.8 Å². The molecule has 3 heterocycles. The van der Waals surface area contributed by atoms with Crippen molar-refractivity contribution in [3.05, 3.63) is 23.6 Å². The van der Waals surface area contributed by atoms with E-state index in [2.05, 4.69) is 20.9 Å². The highest BCUT2D eigenvalue weighted by Gasteiger charge is 2.26. The summed E-state index contributed by atoms with van der Waals surface area (Å²) >= 11 is 1.20. The zero-order valence-electron chi connectivity index (χ0n) is 12.2. The van der Waals surface area contributed by atoms with Gasteiger partial charge in [0.05, 0.1) is 16.6 Å². The van der Waals surface area contributed by atoms with Crippen molar-refractivity contribution in [2.45, 2.75) is 19.4 Å². The van der Waals surface area contributed by atoms with Gasteiger partial charge >= 0.3 is 6.03 Å². The minimum atomic E-state index is -0.554. The van der Waals surface area contributed by atoms with Crippen LogP contribution in [0.15, 0.2) is 16.9 Å². The fourth-order valence-corrected chi connectivity index (χ4v) is 3.44. The largest absolute Gasteiger partial charge is 0.444 e. The first-order chi connectivity index (χ1) is 11.1. The molecule has 1 aliphatic heterocycles. The van der Waals surface area contributed by atoms with Crippen molar-refractivity contribution in [1.82, 2.24) is 15.6 Å². The number of hydrogen-bond donors (Lipinski definition) is 3. The smallest absolute Gasteiger partial charge is 0.320 e. The van der Waals surface area contributed by atoms with E-state index in [4.69, 9.17) is 4.42 Å². The normalized spacial score (nSPS) is 16.9. The lowest BCUT2D eigenvalue weighted by Gasteiger charge is -2.10. The number of aromatic nitrogens is 1. The molecule has 1 aliphatic rings. The van der Waals surface area contributed by atoms with Gasteiger partial charge < -0.3 is 15.1 Å². The standard InChI is InChI=1S/C14H14N4O4S/c1-7-8(6-19)13(23-10(7)12-16-4-5-22-12)18-14(21)17-9-2-3-15-11(9)20/h4-6,9H,2-3H2,1H3,(H,15,20)(H2,17,18,21). The van der Waals surface area contributed by atoms with E-state index >= 15 is 0 Å². The van der Waals surface area contributed by atoms with Crippen LogP contribution in [0.3, 0.4) is 0 Å². The second-order valence-electron chi connectivity index (χ2n) is 4.98. The van der Waals surface area contributed by atoms with Crippen LogP contribution in [0.4, 0.5) is 9.80 Å². The first-order valence-corrected chi connectivity index (χ1v) is 7.75. The third kappa shape index (κ3) is 2.95. The van der Waals surface area contributed by atoms with Crippen molar-refractivity contribution in [3.63, 3.8) is 0 Å². The Kier molecular flexibility index (Phi) is 4.11. The van der Waals surface area contributed by atoms with Crippen LogP contribution in [0.25, 0.3) is 10.8 Å². The molecule has 0 bridgehead atoms. The summed E-state index contributed by atoms with van der Waals surface area (Å²) in [6, 6.07) is -1.09. The van der Waals surface area contributed by atoms with Crippen LogP contribution in [-0.2, 0) is 4.79 Å². The maximum atomic E-state index is 12.0. The van der Waals surface area contributed by atoms with E-state index in [9.17, 15) is 14.4 Å². The topological polar surface area (TPSA) is 113 Å². The number of nitrogens with one attached hydrogen (secondary N) is 3. The fourth-order valence-electron chi connectivity index (χ4n) is 2.33. The first kappa shape index (κ1) is 15.2. The Morgan fingerprint density at radius 3 is 3.00 bits per heavy atom. The summed E-state index contributed by atoms with van der Waals surface area (Å²) in [6.45, 7) is 2.29. The molecular weight excluding hydrogens is 320 g/mol. The zero-order chi connectivity index (χ0) is 16.4. The number of anilines is 1. The van der Waals surface area contributed by atoms with E-state index in [0.717, 1.165) is 0 Å². The van der Waals surface area contributed by atoms with Crippen LogP contribution < -0.4 is 16.0 Å². The number of nitrogens with zero attached hydrogens (tertiary/aromatic N) is 1. The number of aldehydes is 1. The van der Waals surface area contributed by atoms with Gasteiger partial charge in [-0.2, -0.15) is 0 Å². The summed E-state index contributed by atoms with van der Waals surface area (Å²) in [5.41, 5.74) is 1.05. The minimum absolute atomic E-state index is 0.210. The Labute approximate surface area is 135 Å². The molecule has 0 aliphatic carbocycles. The average Bonchev–Trinajstić information content (AvgIpc) is 3.22.